The number of rotatable bonds is 2. The zero-order valence-electron chi connectivity index (χ0n) is 21.5. The van der Waals surface area contributed by atoms with E-state index in [1.807, 2.05) is 24.3 Å². The van der Waals surface area contributed by atoms with Crippen LogP contribution in [0.4, 0.5) is 4.79 Å². The van der Waals surface area contributed by atoms with Crippen molar-refractivity contribution in [1.82, 2.24) is 10.2 Å². The Bertz CT molecular complexity index is 1000. The Hall–Kier alpha value is -1.55. The summed E-state index contributed by atoms with van der Waals surface area (Å²) in [6.07, 6.45) is 14.3. The van der Waals surface area contributed by atoms with E-state index in [0.717, 1.165) is 55.9 Å². The number of carbonyl (C=O) groups excluding carboxylic acids is 2. The highest BCUT2D eigenvalue weighted by Gasteiger charge is 2.60. The molecule has 5 heteroatoms. The molecule has 0 aromatic heterocycles. The lowest BCUT2D eigenvalue weighted by Crippen LogP contribution is -2.65. The van der Waals surface area contributed by atoms with Gasteiger partial charge in [-0.1, -0.05) is 56.8 Å². The summed E-state index contributed by atoms with van der Waals surface area (Å²) in [5.41, 5.74) is 1.28. The van der Waals surface area contributed by atoms with Crippen LogP contribution in [-0.2, 0) is 10.3 Å². The third-order valence-corrected chi connectivity index (χ3v) is 11.7. The van der Waals surface area contributed by atoms with Crippen molar-refractivity contribution in [3.8, 4) is 0 Å². The third kappa shape index (κ3) is 3.68. The van der Waals surface area contributed by atoms with E-state index in [0.29, 0.717) is 22.8 Å². The number of carbonyl (C=O) groups is 2. The highest BCUT2D eigenvalue weighted by molar-refractivity contribution is 6.30. The van der Waals surface area contributed by atoms with E-state index in [4.69, 9.17) is 11.6 Å². The van der Waals surface area contributed by atoms with E-state index in [9.17, 15) is 9.59 Å². The summed E-state index contributed by atoms with van der Waals surface area (Å²) < 4.78 is 0. The summed E-state index contributed by atoms with van der Waals surface area (Å²) in [6, 6.07) is 7.77. The quantitative estimate of drug-likeness (QED) is 0.462. The fourth-order valence-corrected chi connectivity index (χ4v) is 9.75. The van der Waals surface area contributed by atoms with E-state index in [1.165, 1.54) is 38.5 Å². The molecule has 4 aliphatic carbocycles. The van der Waals surface area contributed by atoms with Gasteiger partial charge in [0.2, 0.25) is 5.91 Å². The molecule has 4 saturated carbocycles. The summed E-state index contributed by atoms with van der Waals surface area (Å²) in [5.74, 6) is 2.27. The van der Waals surface area contributed by atoms with Crippen molar-refractivity contribution in [2.45, 2.75) is 109 Å². The topological polar surface area (TPSA) is 49.4 Å². The summed E-state index contributed by atoms with van der Waals surface area (Å²) in [6.45, 7) is 4.96. The van der Waals surface area contributed by atoms with Crippen molar-refractivity contribution < 1.29 is 9.59 Å². The Balaban J connectivity index is 1.27. The maximum Gasteiger partial charge on any atom is 0.325 e. The lowest BCUT2D eigenvalue weighted by atomic mass is 9.47. The summed E-state index contributed by atoms with van der Waals surface area (Å²) in [5, 5.41) is 4.12. The van der Waals surface area contributed by atoms with Crippen LogP contribution >= 0.6 is 11.6 Å². The molecular formula is C30H41ClN2O2. The maximum atomic E-state index is 14.0. The van der Waals surface area contributed by atoms with Crippen LogP contribution in [0.2, 0.25) is 5.02 Å². The molecule has 35 heavy (non-hydrogen) atoms. The van der Waals surface area contributed by atoms with Crippen molar-refractivity contribution in [2.24, 2.45) is 28.6 Å². The van der Waals surface area contributed by atoms with Crippen LogP contribution in [0.5, 0.6) is 0 Å². The molecule has 4 nitrogen and oxygen atoms in total. The molecule has 0 unspecified atom stereocenters. The number of hydrogen-bond donors (Lipinski definition) is 1. The maximum absolute atomic E-state index is 14.0. The third-order valence-electron chi connectivity index (χ3n) is 11.5. The lowest BCUT2D eigenvalue weighted by Gasteiger charge is -2.61. The number of fused-ring (bicyclic) bond motifs is 5. The van der Waals surface area contributed by atoms with Crippen molar-refractivity contribution >= 4 is 23.5 Å². The SMILES string of the molecule is C[C@@]12CCC[C@H]1[C@@H]1CC[C@H]3N(C(=O)NC4(c5ccc(Cl)cc5)CCCC4)C(=O)CC[C@]3(C)[C@H]1CC2. The van der Waals surface area contributed by atoms with Gasteiger partial charge in [0, 0.05) is 17.5 Å². The lowest BCUT2D eigenvalue weighted by molar-refractivity contribution is -0.153. The Morgan fingerprint density at radius 2 is 1.66 bits per heavy atom. The molecule has 190 valence electrons. The highest BCUT2D eigenvalue weighted by atomic mass is 35.5. The average molecular weight is 497 g/mol. The van der Waals surface area contributed by atoms with Crippen LogP contribution in [-0.4, -0.2) is 22.9 Å². The molecule has 6 atom stereocenters. The van der Waals surface area contributed by atoms with Gasteiger partial charge in [-0.3, -0.25) is 9.69 Å². The number of nitrogens with one attached hydrogen (secondary N) is 1. The van der Waals surface area contributed by atoms with E-state index in [2.05, 4.69) is 19.2 Å². The molecule has 0 radical (unpaired) electrons. The number of hydrogen-bond acceptors (Lipinski definition) is 2. The predicted octanol–water partition coefficient (Wildman–Crippen LogP) is 7.44. The Labute approximate surface area is 215 Å². The van der Waals surface area contributed by atoms with Gasteiger partial charge in [-0.25, -0.2) is 4.79 Å². The van der Waals surface area contributed by atoms with Gasteiger partial charge >= 0.3 is 6.03 Å². The molecule has 0 bridgehead atoms. The van der Waals surface area contributed by atoms with Crippen LogP contribution in [0.25, 0.3) is 0 Å². The van der Waals surface area contributed by atoms with Crippen molar-refractivity contribution in [1.29, 1.82) is 0 Å². The number of amides is 3. The second kappa shape index (κ2) is 8.50. The monoisotopic (exact) mass is 496 g/mol. The van der Waals surface area contributed by atoms with Gasteiger partial charge in [0.15, 0.2) is 0 Å². The first-order valence-electron chi connectivity index (χ1n) is 14.2. The van der Waals surface area contributed by atoms with Crippen molar-refractivity contribution in [3.05, 3.63) is 34.9 Å². The van der Waals surface area contributed by atoms with Crippen LogP contribution in [0.15, 0.2) is 24.3 Å². The van der Waals surface area contributed by atoms with E-state index < -0.39 is 5.54 Å². The standard InChI is InChI=1S/C30H41ClN2O2/c1-28-15-5-6-23(28)22-11-12-25-29(2,24(22)13-18-28)19-14-26(34)33(25)27(35)32-30(16-3-4-17-30)20-7-9-21(31)10-8-20/h7-10,22-25H,3-6,11-19H2,1-2H3,(H,32,35)/t22-,23-,24-,25+,28-,29+/m0/s1. The van der Waals surface area contributed by atoms with Crippen LogP contribution in [0.3, 0.4) is 0 Å². The first kappa shape index (κ1) is 23.8. The molecule has 1 N–H and O–H groups in total. The largest absolute Gasteiger partial charge is 0.328 e. The summed E-state index contributed by atoms with van der Waals surface area (Å²) in [4.78, 5) is 29.0. The molecule has 1 aliphatic heterocycles. The van der Waals surface area contributed by atoms with Crippen LogP contribution in [0, 0.1) is 28.6 Å². The number of benzene rings is 1. The van der Waals surface area contributed by atoms with Gasteiger partial charge in [0.05, 0.1) is 5.54 Å². The number of urea groups is 1. The normalized spacial score (nSPS) is 40.1. The van der Waals surface area contributed by atoms with Crippen molar-refractivity contribution in [3.63, 3.8) is 0 Å². The van der Waals surface area contributed by atoms with E-state index in [-0.39, 0.29) is 23.4 Å². The molecule has 5 aliphatic rings. The second-order valence-corrected chi connectivity index (χ2v) is 13.5. The minimum atomic E-state index is -0.399. The summed E-state index contributed by atoms with van der Waals surface area (Å²) >= 11 is 6.16. The van der Waals surface area contributed by atoms with Crippen LogP contribution < -0.4 is 5.32 Å². The Morgan fingerprint density at radius 1 is 0.914 bits per heavy atom. The molecular weight excluding hydrogens is 456 g/mol. The fraction of sp³-hybridized carbons (Fsp3) is 0.733. The number of halogens is 1. The van der Waals surface area contributed by atoms with Gasteiger partial charge in [0.25, 0.3) is 0 Å². The zero-order chi connectivity index (χ0) is 24.4. The number of imide groups is 1. The van der Waals surface area contributed by atoms with Gasteiger partial charge in [0.1, 0.15) is 0 Å². The number of nitrogens with zero attached hydrogens (tertiary/aromatic N) is 1. The summed E-state index contributed by atoms with van der Waals surface area (Å²) in [7, 11) is 0. The zero-order valence-corrected chi connectivity index (χ0v) is 22.2. The Kier molecular flexibility index (Phi) is 5.79. The molecule has 6 rings (SSSR count). The molecule has 1 aromatic carbocycles. The minimum Gasteiger partial charge on any atom is -0.328 e. The van der Waals surface area contributed by atoms with Crippen LogP contribution in [0.1, 0.15) is 103 Å². The van der Waals surface area contributed by atoms with Gasteiger partial charge in [-0.05, 0) is 104 Å². The molecule has 0 spiro atoms. The smallest absolute Gasteiger partial charge is 0.325 e. The molecule has 1 saturated heterocycles. The second-order valence-electron chi connectivity index (χ2n) is 13.1. The molecule has 1 heterocycles. The Morgan fingerprint density at radius 3 is 2.40 bits per heavy atom. The molecule has 5 fully saturated rings. The average Bonchev–Trinajstić information content (AvgIpc) is 3.47. The van der Waals surface area contributed by atoms with Crippen molar-refractivity contribution in [2.75, 3.05) is 0 Å². The highest BCUT2D eigenvalue weighted by Crippen LogP contribution is 2.64. The van der Waals surface area contributed by atoms with Gasteiger partial charge < -0.3 is 5.32 Å². The van der Waals surface area contributed by atoms with Gasteiger partial charge in [-0.2, -0.15) is 0 Å². The number of likely N-dealkylation sites (tertiary alicyclic amines) is 1. The predicted molar refractivity (Wildman–Crippen MR) is 139 cm³/mol. The van der Waals surface area contributed by atoms with Gasteiger partial charge in [-0.15, -0.1) is 0 Å². The number of piperidine rings is 1. The fourth-order valence-electron chi connectivity index (χ4n) is 9.63. The molecule has 1 aromatic rings. The van der Waals surface area contributed by atoms with E-state index >= 15 is 0 Å². The molecule has 3 amide bonds. The first-order valence-corrected chi connectivity index (χ1v) is 14.5. The minimum absolute atomic E-state index is 0.0224. The first-order chi connectivity index (χ1) is 16.8. The van der Waals surface area contributed by atoms with E-state index in [1.54, 1.807) is 4.90 Å².